The third-order valence-corrected chi connectivity index (χ3v) is 1.23. The Kier molecular flexibility index (Phi) is 4.22. The second kappa shape index (κ2) is 4.41. The first-order chi connectivity index (χ1) is 4.95. The van der Waals surface area contributed by atoms with E-state index in [2.05, 4.69) is 0 Å². The van der Waals surface area contributed by atoms with E-state index < -0.39 is 16.8 Å². The van der Waals surface area contributed by atoms with Crippen molar-refractivity contribution < 1.29 is 9.59 Å². The molecule has 4 nitrogen and oxygen atoms in total. The summed E-state index contributed by atoms with van der Waals surface area (Å²) in [5.74, 6) is -0.716. The number of halogens is 2. The Morgan fingerprint density at radius 3 is 2.09 bits per heavy atom. The standard InChI is InChI=1S/C5H8Cl2N2O2/c1-9(2)5(11)8-4(10)3(6)7/h3H,1-2H3,(H,8,10,11). The van der Waals surface area contributed by atoms with Crippen molar-refractivity contribution in [1.82, 2.24) is 10.2 Å². The number of alkyl halides is 2. The molecule has 0 saturated carbocycles. The highest BCUT2D eigenvalue weighted by Gasteiger charge is 2.15. The number of amides is 3. The zero-order valence-corrected chi connectivity index (χ0v) is 7.61. The van der Waals surface area contributed by atoms with Crippen LogP contribution in [0.15, 0.2) is 0 Å². The molecule has 0 aromatic rings. The van der Waals surface area contributed by atoms with Crippen LogP contribution in [-0.4, -0.2) is 35.8 Å². The molecular weight excluding hydrogens is 191 g/mol. The molecule has 0 aromatic carbocycles. The fourth-order valence-electron chi connectivity index (χ4n) is 0.272. The second-order valence-electron chi connectivity index (χ2n) is 1.99. The summed E-state index contributed by atoms with van der Waals surface area (Å²) < 4.78 is 0. The number of carbonyl (C=O) groups is 2. The largest absolute Gasteiger partial charge is 0.331 e. The van der Waals surface area contributed by atoms with E-state index in [1.807, 2.05) is 5.32 Å². The molecular formula is C5H8Cl2N2O2. The van der Waals surface area contributed by atoms with Gasteiger partial charge >= 0.3 is 6.03 Å². The molecule has 0 aliphatic rings. The van der Waals surface area contributed by atoms with Gasteiger partial charge in [0.2, 0.25) is 0 Å². The number of nitrogens with one attached hydrogen (secondary N) is 1. The minimum absolute atomic E-state index is 0.540. The van der Waals surface area contributed by atoms with Gasteiger partial charge in [-0.15, -0.1) is 0 Å². The lowest BCUT2D eigenvalue weighted by Crippen LogP contribution is -2.40. The summed E-state index contributed by atoms with van der Waals surface area (Å²) in [6.45, 7) is 0. The molecule has 0 unspecified atom stereocenters. The van der Waals surface area contributed by atoms with E-state index in [4.69, 9.17) is 23.2 Å². The van der Waals surface area contributed by atoms with Crippen LogP contribution in [-0.2, 0) is 4.79 Å². The van der Waals surface area contributed by atoms with E-state index in [1.54, 1.807) is 0 Å². The Morgan fingerprint density at radius 1 is 1.36 bits per heavy atom. The van der Waals surface area contributed by atoms with Gasteiger partial charge in [0.05, 0.1) is 0 Å². The summed E-state index contributed by atoms with van der Waals surface area (Å²) in [5.41, 5.74) is 0. The van der Waals surface area contributed by atoms with Crippen molar-refractivity contribution in [3.63, 3.8) is 0 Å². The molecule has 0 rings (SSSR count). The molecule has 0 heterocycles. The normalized spacial score (nSPS) is 9.55. The molecule has 6 heteroatoms. The maximum atomic E-state index is 10.7. The molecule has 64 valence electrons. The van der Waals surface area contributed by atoms with Gasteiger partial charge in [-0.25, -0.2) is 4.79 Å². The molecule has 3 amide bonds. The van der Waals surface area contributed by atoms with Crippen LogP contribution in [0, 0.1) is 0 Å². The maximum absolute atomic E-state index is 10.7. The fraction of sp³-hybridized carbons (Fsp3) is 0.600. The highest BCUT2D eigenvalue weighted by atomic mass is 35.5. The van der Waals surface area contributed by atoms with Gasteiger partial charge in [-0.2, -0.15) is 0 Å². The lowest BCUT2D eigenvalue weighted by molar-refractivity contribution is -0.118. The first-order valence-electron chi connectivity index (χ1n) is 2.75. The van der Waals surface area contributed by atoms with Crippen LogP contribution in [0.4, 0.5) is 4.79 Å². The van der Waals surface area contributed by atoms with Gasteiger partial charge in [0, 0.05) is 14.1 Å². The molecule has 0 aliphatic carbocycles. The molecule has 0 atom stereocenters. The Balaban J connectivity index is 3.86. The van der Waals surface area contributed by atoms with Crippen molar-refractivity contribution in [2.75, 3.05) is 14.1 Å². The van der Waals surface area contributed by atoms with Gasteiger partial charge in [-0.05, 0) is 0 Å². The van der Waals surface area contributed by atoms with Crippen molar-refractivity contribution in [3.8, 4) is 0 Å². The van der Waals surface area contributed by atoms with E-state index in [0.717, 1.165) is 0 Å². The molecule has 0 aliphatic heterocycles. The summed E-state index contributed by atoms with van der Waals surface area (Å²) >= 11 is 10.3. The van der Waals surface area contributed by atoms with Gasteiger partial charge in [0.25, 0.3) is 5.91 Å². The van der Waals surface area contributed by atoms with Crippen molar-refractivity contribution in [2.45, 2.75) is 4.84 Å². The Bertz CT molecular complexity index is 152. The second-order valence-corrected chi connectivity index (χ2v) is 3.09. The average molecular weight is 199 g/mol. The number of hydrogen-bond acceptors (Lipinski definition) is 2. The predicted octanol–water partition coefficient (Wildman–Crippen LogP) is 0.588. The van der Waals surface area contributed by atoms with Gasteiger partial charge in [-0.1, -0.05) is 23.2 Å². The molecule has 1 N–H and O–H groups in total. The number of rotatable bonds is 1. The minimum Gasteiger partial charge on any atom is -0.331 e. The summed E-state index contributed by atoms with van der Waals surface area (Å²) in [5, 5.41) is 1.96. The molecule has 0 saturated heterocycles. The van der Waals surface area contributed by atoms with Gasteiger partial charge in [0.1, 0.15) is 0 Å². The summed E-state index contributed by atoms with van der Waals surface area (Å²) in [6, 6.07) is -0.540. The van der Waals surface area contributed by atoms with Crippen LogP contribution in [0.25, 0.3) is 0 Å². The third-order valence-electron chi connectivity index (χ3n) is 0.835. The topological polar surface area (TPSA) is 49.4 Å². The van der Waals surface area contributed by atoms with Crippen LogP contribution in [0.2, 0.25) is 0 Å². The highest BCUT2D eigenvalue weighted by molar-refractivity contribution is 6.53. The molecule has 11 heavy (non-hydrogen) atoms. The van der Waals surface area contributed by atoms with Gasteiger partial charge < -0.3 is 4.90 Å². The van der Waals surface area contributed by atoms with E-state index >= 15 is 0 Å². The van der Waals surface area contributed by atoms with E-state index in [9.17, 15) is 9.59 Å². The SMILES string of the molecule is CN(C)C(=O)NC(=O)C(Cl)Cl. The number of nitrogens with zero attached hydrogens (tertiary/aromatic N) is 1. The van der Waals surface area contributed by atoms with Crippen molar-refractivity contribution in [3.05, 3.63) is 0 Å². The van der Waals surface area contributed by atoms with Gasteiger partial charge in [-0.3, -0.25) is 10.1 Å². The monoisotopic (exact) mass is 198 g/mol. The van der Waals surface area contributed by atoms with Crippen molar-refractivity contribution in [2.24, 2.45) is 0 Å². The number of urea groups is 1. The molecule has 0 radical (unpaired) electrons. The number of carbonyl (C=O) groups excluding carboxylic acids is 2. The predicted molar refractivity (Wildman–Crippen MR) is 42.7 cm³/mol. The van der Waals surface area contributed by atoms with Crippen LogP contribution < -0.4 is 5.32 Å². The number of imide groups is 1. The van der Waals surface area contributed by atoms with E-state index in [1.165, 1.54) is 19.0 Å². The number of hydrogen-bond donors (Lipinski definition) is 1. The van der Waals surface area contributed by atoms with Crippen LogP contribution in [0.1, 0.15) is 0 Å². The smallest absolute Gasteiger partial charge is 0.323 e. The average Bonchev–Trinajstić information content (AvgIpc) is 1.87. The van der Waals surface area contributed by atoms with E-state index in [0.29, 0.717) is 0 Å². The molecule has 0 aromatic heterocycles. The quantitative estimate of drug-likeness (QED) is 0.628. The van der Waals surface area contributed by atoms with E-state index in [-0.39, 0.29) is 0 Å². The lowest BCUT2D eigenvalue weighted by atomic mass is 10.6. The summed E-state index contributed by atoms with van der Waals surface area (Å²) in [6.07, 6.45) is 0. The van der Waals surface area contributed by atoms with Crippen LogP contribution in [0.5, 0.6) is 0 Å². The van der Waals surface area contributed by atoms with Crippen LogP contribution >= 0.6 is 23.2 Å². The zero-order valence-electron chi connectivity index (χ0n) is 6.10. The first kappa shape index (κ1) is 10.5. The highest BCUT2D eigenvalue weighted by Crippen LogP contribution is 2.00. The lowest BCUT2D eigenvalue weighted by Gasteiger charge is -2.10. The van der Waals surface area contributed by atoms with Crippen LogP contribution in [0.3, 0.4) is 0 Å². The summed E-state index contributed by atoms with van der Waals surface area (Å²) in [4.78, 5) is 21.4. The Hall–Kier alpha value is -0.480. The van der Waals surface area contributed by atoms with Crippen molar-refractivity contribution >= 4 is 35.1 Å². The molecule has 0 bridgehead atoms. The molecule has 0 spiro atoms. The molecule has 0 fully saturated rings. The minimum atomic E-state index is -1.21. The fourth-order valence-corrected chi connectivity index (χ4v) is 0.381. The first-order valence-corrected chi connectivity index (χ1v) is 3.62. The maximum Gasteiger partial charge on any atom is 0.323 e. The Labute approximate surface area is 74.4 Å². The van der Waals surface area contributed by atoms with Gasteiger partial charge in [0.15, 0.2) is 4.84 Å². The Morgan fingerprint density at radius 2 is 1.82 bits per heavy atom. The zero-order chi connectivity index (χ0) is 9.02. The third kappa shape index (κ3) is 4.06. The summed E-state index contributed by atoms with van der Waals surface area (Å²) in [7, 11) is 3.00. The van der Waals surface area contributed by atoms with Crippen molar-refractivity contribution in [1.29, 1.82) is 0 Å².